The molecule has 1 spiro atoms. The van der Waals surface area contributed by atoms with Crippen LogP contribution in [0.25, 0.3) is 6.08 Å². The van der Waals surface area contributed by atoms with E-state index in [2.05, 4.69) is 0 Å². The summed E-state index contributed by atoms with van der Waals surface area (Å²) in [6.07, 6.45) is -0.999. The Morgan fingerprint density at radius 1 is 1.15 bits per heavy atom. The van der Waals surface area contributed by atoms with E-state index in [4.69, 9.17) is 4.74 Å². The van der Waals surface area contributed by atoms with Crippen LogP contribution in [0.4, 0.5) is 18.0 Å². The smallest absolute Gasteiger partial charge is 0.444 e. The normalized spacial score (nSPS) is 24.3. The zero-order valence-electron chi connectivity index (χ0n) is 20.2. The summed E-state index contributed by atoms with van der Waals surface area (Å²) in [6, 6.07) is 8.84. The largest absolute Gasteiger partial charge is 0.471 e. The van der Waals surface area contributed by atoms with Crippen molar-refractivity contribution in [3.63, 3.8) is 0 Å². The predicted molar refractivity (Wildman–Crippen MR) is 123 cm³/mol. The first-order valence-electron chi connectivity index (χ1n) is 11.9. The summed E-state index contributed by atoms with van der Waals surface area (Å²) in [5.74, 6) is -1.79. The van der Waals surface area contributed by atoms with Crippen LogP contribution in [0.5, 0.6) is 0 Å². The maximum atomic E-state index is 13.5. The van der Waals surface area contributed by atoms with Gasteiger partial charge in [0.05, 0.1) is 0 Å². The summed E-state index contributed by atoms with van der Waals surface area (Å²) in [5.41, 5.74) is 1.29. The molecule has 1 aliphatic heterocycles. The van der Waals surface area contributed by atoms with Crippen LogP contribution in [0.3, 0.4) is 0 Å². The van der Waals surface area contributed by atoms with Gasteiger partial charge in [-0.25, -0.2) is 4.79 Å². The molecule has 186 valence electrons. The minimum Gasteiger partial charge on any atom is -0.444 e. The van der Waals surface area contributed by atoms with Crippen molar-refractivity contribution in [3.05, 3.63) is 41.5 Å². The summed E-state index contributed by atoms with van der Waals surface area (Å²) in [6.45, 7) is 8.32. The number of likely N-dealkylation sites (tertiary alicyclic amines) is 1. The molecule has 3 aliphatic rings. The first-order valence-corrected chi connectivity index (χ1v) is 11.9. The Kier molecular flexibility index (Phi) is 6.23. The van der Waals surface area contributed by atoms with Crippen LogP contribution < -0.4 is 0 Å². The van der Waals surface area contributed by atoms with Crippen LogP contribution in [0.15, 0.2) is 35.9 Å². The molecule has 2 amide bonds. The zero-order chi connectivity index (χ0) is 24.9. The number of rotatable bonds is 5. The Balaban J connectivity index is 1.42. The van der Waals surface area contributed by atoms with Crippen LogP contribution in [0.1, 0.15) is 58.9 Å². The average molecular weight is 479 g/mol. The quantitative estimate of drug-likeness (QED) is 0.549. The van der Waals surface area contributed by atoms with E-state index in [9.17, 15) is 22.8 Å². The highest BCUT2D eigenvalue weighted by Gasteiger charge is 2.62. The molecular formula is C26H33F3N2O3. The van der Waals surface area contributed by atoms with Crippen molar-refractivity contribution in [2.75, 3.05) is 13.1 Å². The van der Waals surface area contributed by atoms with Crippen molar-refractivity contribution in [2.45, 2.75) is 77.2 Å². The third-order valence-electron chi connectivity index (χ3n) is 7.06. The third-order valence-corrected chi connectivity index (χ3v) is 7.06. The molecule has 5 nitrogen and oxygen atoms in total. The Morgan fingerprint density at radius 2 is 1.76 bits per heavy atom. The number of nitrogens with zero attached hydrogens (tertiary/aromatic N) is 2. The fourth-order valence-corrected chi connectivity index (χ4v) is 5.47. The number of ether oxygens (including phenoxy) is 1. The second-order valence-electron chi connectivity index (χ2n) is 11.0. The maximum absolute atomic E-state index is 13.5. The molecule has 2 saturated carbocycles. The first kappa shape index (κ1) is 24.6. The number of hydrogen-bond donors (Lipinski definition) is 0. The highest BCUT2D eigenvalue weighted by Crippen LogP contribution is 2.55. The first-order chi connectivity index (χ1) is 15.8. The highest BCUT2D eigenvalue weighted by molar-refractivity contribution is 5.83. The summed E-state index contributed by atoms with van der Waals surface area (Å²) < 4.78 is 45.9. The fourth-order valence-electron chi connectivity index (χ4n) is 5.47. The molecule has 0 bridgehead atoms. The van der Waals surface area contributed by atoms with E-state index < -0.39 is 35.9 Å². The Morgan fingerprint density at radius 3 is 2.29 bits per heavy atom. The van der Waals surface area contributed by atoms with Crippen molar-refractivity contribution in [2.24, 2.45) is 11.3 Å². The molecule has 2 aliphatic carbocycles. The van der Waals surface area contributed by atoms with E-state index in [1.54, 1.807) is 25.7 Å². The number of carbonyl (C=O) groups excluding carboxylic acids is 2. The Bertz CT molecular complexity index is 954. The summed E-state index contributed by atoms with van der Waals surface area (Å²) in [7, 11) is 0. The van der Waals surface area contributed by atoms with Crippen LogP contribution >= 0.6 is 0 Å². The SMILES string of the molecule is CCC(=Cc1ccccc1)C1CC1N(C(=O)C(F)(F)F)C1CC2(C1)CN(C(=O)OC(C)(C)C)C2. The van der Waals surface area contributed by atoms with E-state index in [-0.39, 0.29) is 11.3 Å². The second-order valence-corrected chi connectivity index (χ2v) is 11.0. The third kappa shape index (κ3) is 5.10. The molecule has 4 rings (SSSR count). The molecule has 8 heteroatoms. The lowest BCUT2D eigenvalue weighted by Gasteiger charge is -2.60. The van der Waals surface area contributed by atoms with Gasteiger partial charge in [-0.15, -0.1) is 0 Å². The number of benzene rings is 1. The molecule has 0 N–H and O–H groups in total. The molecule has 0 aromatic heterocycles. The molecule has 2 atom stereocenters. The van der Waals surface area contributed by atoms with Gasteiger partial charge in [0.25, 0.3) is 0 Å². The zero-order valence-corrected chi connectivity index (χ0v) is 20.2. The van der Waals surface area contributed by atoms with Gasteiger partial charge in [0, 0.05) is 36.5 Å². The van der Waals surface area contributed by atoms with Gasteiger partial charge < -0.3 is 14.5 Å². The van der Waals surface area contributed by atoms with Crippen LogP contribution in [-0.2, 0) is 9.53 Å². The van der Waals surface area contributed by atoms with Gasteiger partial charge in [0.2, 0.25) is 0 Å². The topological polar surface area (TPSA) is 49.9 Å². The fraction of sp³-hybridized carbons (Fsp3) is 0.615. The Labute approximate surface area is 198 Å². The predicted octanol–water partition coefficient (Wildman–Crippen LogP) is 5.66. The second kappa shape index (κ2) is 8.61. The average Bonchev–Trinajstić information content (AvgIpc) is 3.45. The molecule has 1 aromatic rings. The van der Waals surface area contributed by atoms with Crippen molar-refractivity contribution in [1.29, 1.82) is 0 Å². The lowest BCUT2D eigenvalue weighted by atomic mass is 9.60. The van der Waals surface area contributed by atoms with Gasteiger partial charge in [-0.2, -0.15) is 13.2 Å². The number of carbonyl (C=O) groups is 2. The number of alkyl halides is 3. The molecule has 2 unspecified atom stereocenters. The molecule has 34 heavy (non-hydrogen) atoms. The van der Waals surface area contributed by atoms with Crippen LogP contribution in [0, 0.1) is 11.3 Å². The lowest BCUT2D eigenvalue weighted by molar-refractivity contribution is -0.197. The summed E-state index contributed by atoms with van der Waals surface area (Å²) >= 11 is 0. The number of amides is 2. The van der Waals surface area contributed by atoms with Crippen molar-refractivity contribution in [3.8, 4) is 0 Å². The van der Waals surface area contributed by atoms with Crippen molar-refractivity contribution >= 4 is 18.1 Å². The van der Waals surface area contributed by atoms with Crippen LogP contribution in [-0.4, -0.2) is 58.8 Å². The molecule has 1 heterocycles. The monoisotopic (exact) mass is 478 g/mol. The lowest BCUT2D eigenvalue weighted by Crippen LogP contribution is -2.69. The van der Waals surface area contributed by atoms with E-state index in [1.165, 1.54) is 0 Å². The minimum atomic E-state index is -4.90. The number of hydrogen-bond acceptors (Lipinski definition) is 3. The molecule has 0 radical (unpaired) electrons. The van der Waals surface area contributed by atoms with Gasteiger partial charge in [-0.1, -0.05) is 48.9 Å². The van der Waals surface area contributed by atoms with Crippen molar-refractivity contribution < 1.29 is 27.5 Å². The van der Waals surface area contributed by atoms with E-state index in [0.29, 0.717) is 32.4 Å². The van der Waals surface area contributed by atoms with Gasteiger partial charge in [0.1, 0.15) is 5.60 Å². The molecule has 3 fully saturated rings. The van der Waals surface area contributed by atoms with Gasteiger partial charge in [0.15, 0.2) is 0 Å². The molecular weight excluding hydrogens is 445 g/mol. The van der Waals surface area contributed by atoms with E-state index >= 15 is 0 Å². The minimum absolute atomic E-state index is 0.0484. The number of halogens is 3. The Hall–Kier alpha value is -2.51. The van der Waals surface area contributed by atoms with Gasteiger partial charge in [-0.3, -0.25) is 4.79 Å². The standard InChI is InChI=1S/C26H33F3N2O3/c1-5-18(11-17-9-7-6-8-10-17)20-12-21(20)31(22(32)26(27,28)29)19-13-25(14-19)15-30(16-25)23(33)34-24(2,3)4/h6-11,19-21H,5,12-16H2,1-4H3. The maximum Gasteiger partial charge on any atom is 0.471 e. The molecule has 1 saturated heterocycles. The highest BCUT2D eigenvalue weighted by atomic mass is 19.4. The van der Waals surface area contributed by atoms with E-state index in [1.807, 2.05) is 43.3 Å². The van der Waals surface area contributed by atoms with Crippen LogP contribution in [0.2, 0.25) is 0 Å². The molecule has 1 aromatic carbocycles. The van der Waals surface area contributed by atoms with Crippen molar-refractivity contribution in [1.82, 2.24) is 9.80 Å². The summed E-state index contributed by atoms with van der Waals surface area (Å²) in [4.78, 5) is 27.4. The van der Waals surface area contributed by atoms with Gasteiger partial charge >= 0.3 is 18.2 Å². The van der Waals surface area contributed by atoms with Gasteiger partial charge in [-0.05, 0) is 52.0 Å². The summed E-state index contributed by atoms with van der Waals surface area (Å²) in [5, 5.41) is 0. The van der Waals surface area contributed by atoms with E-state index in [0.717, 1.165) is 22.5 Å².